The molecule has 1 amide bonds. The van der Waals surface area contributed by atoms with Crippen LogP contribution in [-0.2, 0) is 16.1 Å². The first-order valence-corrected chi connectivity index (χ1v) is 9.06. The van der Waals surface area contributed by atoms with E-state index in [1.165, 1.54) is 12.8 Å². The molecule has 0 aromatic heterocycles. The fourth-order valence-electron chi connectivity index (χ4n) is 3.88. The van der Waals surface area contributed by atoms with Crippen molar-refractivity contribution in [2.75, 3.05) is 33.4 Å². The molecule has 1 saturated carbocycles. The first-order chi connectivity index (χ1) is 11.7. The molecule has 0 radical (unpaired) electrons. The van der Waals surface area contributed by atoms with Crippen molar-refractivity contribution in [2.24, 2.45) is 5.92 Å². The Balaban J connectivity index is 0.00000225. The summed E-state index contributed by atoms with van der Waals surface area (Å²) in [6.45, 7) is 3.62. The summed E-state index contributed by atoms with van der Waals surface area (Å²) < 4.78 is 5.61. The summed E-state index contributed by atoms with van der Waals surface area (Å²) in [5, 5.41) is 7.08. The Morgan fingerprint density at radius 3 is 2.84 bits per heavy atom. The number of morpholine rings is 1. The van der Waals surface area contributed by atoms with Crippen LogP contribution in [0.1, 0.15) is 24.8 Å². The van der Waals surface area contributed by atoms with Gasteiger partial charge in [0.15, 0.2) is 0 Å². The molecule has 1 heterocycles. The van der Waals surface area contributed by atoms with Gasteiger partial charge in [-0.1, -0.05) is 36.8 Å². The summed E-state index contributed by atoms with van der Waals surface area (Å²) in [4.78, 5) is 14.2. The van der Waals surface area contributed by atoms with Crippen LogP contribution in [0.5, 0.6) is 0 Å². The van der Waals surface area contributed by atoms with Crippen LogP contribution in [-0.4, -0.2) is 56.2 Å². The van der Waals surface area contributed by atoms with Crippen molar-refractivity contribution in [1.29, 1.82) is 0 Å². The summed E-state index contributed by atoms with van der Waals surface area (Å²) in [6.07, 6.45) is 3.60. The minimum Gasteiger partial charge on any atom is -0.379 e. The summed E-state index contributed by atoms with van der Waals surface area (Å²) in [5.74, 6) is 0.717. The van der Waals surface area contributed by atoms with Gasteiger partial charge in [-0.25, -0.2) is 0 Å². The van der Waals surface area contributed by atoms with E-state index in [-0.39, 0.29) is 18.3 Å². The second-order valence-electron chi connectivity index (χ2n) is 6.95. The minimum absolute atomic E-state index is 0. The van der Waals surface area contributed by atoms with Gasteiger partial charge < -0.3 is 20.3 Å². The average Bonchev–Trinajstić information content (AvgIpc) is 3.10. The van der Waals surface area contributed by atoms with Gasteiger partial charge in [-0.05, 0) is 24.3 Å². The molecule has 3 atom stereocenters. The normalized spacial score (nSPS) is 26.0. The molecule has 5 nitrogen and oxygen atoms in total. The summed E-state index contributed by atoms with van der Waals surface area (Å²) >= 11 is 0. The van der Waals surface area contributed by atoms with Crippen LogP contribution in [0, 0.1) is 5.92 Å². The van der Waals surface area contributed by atoms with Gasteiger partial charge in [0.2, 0.25) is 5.91 Å². The minimum atomic E-state index is 0. The number of likely N-dealkylation sites (N-methyl/N-ethyl adjacent to an activating group) is 1. The van der Waals surface area contributed by atoms with Crippen molar-refractivity contribution in [3.8, 4) is 0 Å². The maximum absolute atomic E-state index is 12.4. The Labute approximate surface area is 156 Å². The predicted molar refractivity (Wildman–Crippen MR) is 102 cm³/mol. The molecular weight excluding hydrogens is 338 g/mol. The van der Waals surface area contributed by atoms with Gasteiger partial charge in [-0.15, -0.1) is 12.4 Å². The highest BCUT2D eigenvalue weighted by molar-refractivity contribution is 5.85. The third-order valence-corrected chi connectivity index (χ3v) is 5.24. The maximum Gasteiger partial charge on any atom is 0.236 e. The number of nitrogens with one attached hydrogen (secondary N) is 2. The quantitative estimate of drug-likeness (QED) is 0.805. The van der Waals surface area contributed by atoms with Gasteiger partial charge in [0.05, 0.1) is 19.8 Å². The second kappa shape index (κ2) is 10.1. The molecule has 1 aromatic rings. The Kier molecular flexibility index (Phi) is 8.16. The Morgan fingerprint density at radius 1 is 1.32 bits per heavy atom. The molecule has 140 valence electrons. The smallest absolute Gasteiger partial charge is 0.236 e. The molecule has 6 heteroatoms. The zero-order valence-corrected chi connectivity index (χ0v) is 15.8. The summed E-state index contributed by atoms with van der Waals surface area (Å²) in [7, 11) is 1.87. The van der Waals surface area contributed by atoms with Gasteiger partial charge in [0, 0.05) is 32.2 Å². The van der Waals surface area contributed by atoms with Crippen molar-refractivity contribution in [1.82, 2.24) is 15.5 Å². The molecule has 3 rings (SSSR count). The first kappa shape index (κ1) is 20.2. The summed E-state index contributed by atoms with van der Waals surface area (Å²) in [5.41, 5.74) is 1.16. The highest BCUT2D eigenvalue weighted by atomic mass is 35.5. The van der Waals surface area contributed by atoms with Gasteiger partial charge in [-0.3, -0.25) is 4.79 Å². The molecule has 2 aliphatic rings. The van der Waals surface area contributed by atoms with Crippen LogP contribution in [0.3, 0.4) is 0 Å². The molecule has 0 spiro atoms. The highest BCUT2D eigenvalue weighted by Gasteiger charge is 2.34. The van der Waals surface area contributed by atoms with Crippen LogP contribution in [0.4, 0.5) is 0 Å². The lowest BCUT2D eigenvalue weighted by atomic mass is 9.94. The molecule has 1 saturated heterocycles. The van der Waals surface area contributed by atoms with E-state index in [0.29, 0.717) is 31.1 Å². The summed E-state index contributed by atoms with van der Waals surface area (Å²) in [6, 6.07) is 11.0. The van der Waals surface area contributed by atoms with Crippen molar-refractivity contribution in [3.05, 3.63) is 35.9 Å². The number of ether oxygens (including phenoxy) is 1. The van der Waals surface area contributed by atoms with E-state index in [1.54, 1.807) is 4.90 Å². The van der Waals surface area contributed by atoms with E-state index in [9.17, 15) is 4.79 Å². The van der Waals surface area contributed by atoms with E-state index in [2.05, 4.69) is 22.8 Å². The van der Waals surface area contributed by atoms with Crippen LogP contribution < -0.4 is 10.6 Å². The van der Waals surface area contributed by atoms with Crippen molar-refractivity contribution >= 4 is 18.3 Å². The molecule has 1 aromatic carbocycles. The molecule has 25 heavy (non-hydrogen) atoms. The van der Waals surface area contributed by atoms with E-state index in [0.717, 1.165) is 31.7 Å². The number of nitrogens with zero attached hydrogens (tertiary/aromatic N) is 1. The Morgan fingerprint density at radius 2 is 2.12 bits per heavy atom. The number of carbonyl (C=O) groups is 1. The molecule has 0 bridgehead atoms. The van der Waals surface area contributed by atoms with Crippen LogP contribution in [0.25, 0.3) is 0 Å². The van der Waals surface area contributed by atoms with Crippen LogP contribution in [0.2, 0.25) is 0 Å². The number of carbonyl (C=O) groups excluding carboxylic acids is 1. The third kappa shape index (κ3) is 5.68. The van der Waals surface area contributed by atoms with Gasteiger partial charge in [0.25, 0.3) is 0 Å². The number of rotatable bonds is 6. The van der Waals surface area contributed by atoms with Gasteiger partial charge >= 0.3 is 0 Å². The number of amides is 1. The van der Waals surface area contributed by atoms with E-state index >= 15 is 0 Å². The Hall–Kier alpha value is -1.14. The zero-order valence-electron chi connectivity index (χ0n) is 14.9. The monoisotopic (exact) mass is 367 g/mol. The van der Waals surface area contributed by atoms with Crippen molar-refractivity contribution < 1.29 is 9.53 Å². The van der Waals surface area contributed by atoms with E-state index in [1.807, 2.05) is 25.2 Å². The molecular formula is C19H30ClN3O2. The van der Waals surface area contributed by atoms with Crippen LogP contribution >= 0.6 is 12.4 Å². The third-order valence-electron chi connectivity index (χ3n) is 5.24. The fourth-order valence-corrected chi connectivity index (χ4v) is 3.88. The number of hydrogen-bond donors (Lipinski definition) is 2. The first-order valence-electron chi connectivity index (χ1n) is 9.06. The lowest BCUT2D eigenvalue weighted by molar-refractivity contribution is -0.129. The zero-order chi connectivity index (χ0) is 16.8. The van der Waals surface area contributed by atoms with Crippen molar-refractivity contribution in [2.45, 2.75) is 37.9 Å². The topological polar surface area (TPSA) is 53.6 Å². The molecule has 3 unspecified atom stereocenters. The second-order valence-corrected chi connectivity index (χ2v) is 6.95. The lowest BCUT2D eigenvalue weighted by Gasteiger charge is -2.33. The van der Waals surface area contributed by atoms with E-state index < -0.39 is 0 Å². The fraction of sp³-hybridized carbons (Fsp3) is 0.632. The maximum atomic E-state index is 12.4. The molecule has 2 fully saturated rings. The number of halogens is 1. The number of hydrogen-bond acceptors (Lipinski definition) is 4. The largest absolute Gasteiger partial charge is 0.379 e. The Bertz CT molecular complexity index is 523. The van der Waals surface area contributed by atoms with Crippen LogP contribution in [0.15, 0.2) is 30.3 Å². The average molecular weight is 368 g/mol. The molecule has 2 N–H and O–H groups in total. The van der Waals surface area contributed by atoms with E-state index in [4.69, 9.17) is 4.74 Å². The van der Waals surface area contributed by atoms with Crippen molar-refractivity contribution in [3.63, 3.8) is 0 Å². The highest BCUT2D eigenvalue weighted by Crippen LogP contribution is 2.29. The molecule has 1 aliphatic heterocycles. The molecule has 1 aliphatic carbocycles. The lowest BCUT2D eigenvalue weighted by Crippen LogP contribution is -2.52. The number of benzene rings is 1. The van der Waals surface area contributed by atoms with Gasteiger partial charge in [-0.2, -0.15) is 0 Å². The SMILES string of the molecule is CN(Cc1ccccc1)C(=O)CNC1CCCC1C1COCCN1.Cl. The van der Waals surface area contributed by atoms with Gasteiger partial charge in [0.1, 0.15) is 0 Å². The standard InChI is InChI=1S/C19H29N3O2.ClH/c1-22(13-15-6-3-2-4-7-15)19(23)12-21-17-9-5-8-16(17)18-14-24-11-10-20-18;/h2-4,6-7,16-18,20-21H,5,8-14H2,1H3;1H. The predicted octanol–water partition coefficient (Wildman–Crippen LogP) is 1.81.